The maximum absolute atomic E-state index is 6.33. The van der Waals surface area contributed by atoms with Gasteiger partial charge < -0.3 is 10.5 Å². The largest absolute Gasteiger partial charge is 0.385 e. The van der Waals surface area contributed by atoms with Gasteiger partial charge in [0.15, 0.2) is 0 Å². The van der Waals surface area contributed by atoms with Crippen molar-refractivity contribution in [1.29, 1.82) is 0 Å². The molecule has 2 aromatic carbocycles. The first-order valence-electron chi connectivity index (χ1n) is 8.32. The highest BCUT2D eigenvalue weighted by molar-refractivity contribution is 5.17. The lowest BCUT2D eigenvalue weighted by atomic mass is 10.1. The fraction of sp³-hybridized carbons (Fsp3) is 0.400. The van der Waals surface area contributed by atoms with Crippen molar-refractivity contribution in [1.82, 2.24) is 4.90 Å². The second-order valence-corrected chi connectivity index (χ2v) is 6.04. The van der Waals surface area contributed by atoms with Crippen LogP contribution in [0.2, 0.25) is 0 Å². The van der Waals surface area contributed by atoms with E-state index in [4.69, 9.17) is 10.5 Å². The van der Waals surface area contributed by atoms with Crippen LogP contribution in [-0.2, 0) is 17.8 Å². The third-order valence-corrected chi connectivity index (χ3v) is 3.91. The van der Waals surface area contributed by atoms with Crippen molar-refractivity contribution >= 4 is 0 Å². The number of hydrogen-bond donors (Lipinski definition) is 1. The van der Waals surface area contributed by atoms with E-state index in [0.717, 1.165) is 39.1 Å². The van der Waals surface area contributed by atoms with Gasteiger partial charge in [0.25, 0.3) is 0 Å². The predicted molar refractivity (Wildman–Crippen MR) is 96.1 cm³/mol. The average Bonchev–Trinajstić information content (AvgIpc) is 2.57. The summed E-state index contributed by atoms with van der Waals surface area (Å²) in [6.07, 6.45) is 2.01. The zero-order chi connectivity index (χ0) is 16.3. The van der Waals surface area contributed by atoms with Gasteiger partial charge in [0, 0.05) is 39.4 Å². The molecule has 0 bridgehead atoms. The molecule has 0 aliphatic heterocycles. The van der Waals surface area contributed by atoms with Crippen LogP contribution in [0.3, 0.4) is 0 Å². The smallest absolute Gasteiger partial charge is 0.0462 e. The molecule has 0 aliphatic carbocycles. The van der Waals surface area contributed by atoms with Crippen molar-refractivity contribution in [2.45, 2.75) is 32.0 Å². The topological polar surface area (TPSA) is 38.5 Å². The normalized spacial score (nSPS) is 12.5. The van der Waals surface area contributed by atoms with Crippen LogP contribution in [0, 0.1) is 0 Å². The molecular formula is C20H28N2O. The molecule has 0 saturated heterocycles. The van der Waals surface area contributed by atoms with Crippen molar-refractivity contribution in [3.63, 3.8) is 0 Å². The van der Waals surface area contributed by atoms with E-state index in [-0.39, 0.29) is 6.04 Å². The highest BCUT2D eigenvalue weighted by Crippen LogP contribution is 2.11. The molecular weight excluding hydrogens is 284 g/mol. The molecule has 23 heavy (non-hydrogen) atoms. The average molecular weight is 312 g/mol. The van der Waals surface area contributed by atoms with Gasteiger partial charge in [-0.3, -0.25) is 4.90 Å². The lowest BCUT2D eigenvalue weighted by Crippen LogP contribution is -2.37. The van der Waals surface area contributed by atoms with Crippen LogP contribution in [0.5, 0.6) is 0 Å². The number of rotatable bonds is 10. The highest BCUT2D eigenvalue weighted by atomic mass is 16.5. The van der Waals surface area contributed by atoms with Gasteiger partial charge in [0.2, 0.25) is 0 Å². The number of ether oxygens (including phenoxy) is 1. The maximum atomic E-state index is 6.33. The Bertz CT molecular complexity index is 488. The molecule has 1 unspecified atom stereocenters. The lowest BCUT2D eigenvalue weighted by molar-refractivity contribution is 0.183. The zero-order valence-electron chi connectivity index (χ0n) is 14.0. The third-order valence-electron chi connectivity index (χ3n) is 3.91. The van der Waals surface area contributed by atoms with Crippen LogP contribution in [0.4, 0.5) is 0 Å². The first-order chi connectivity index (χ1) is 11.3. The van der Waals surface area contributed by atoms with Gasteiger partial charge in [0.1, 0.15) is 0 Å². The van der Waals surface area contributed by atoms with E-state index in [1.165, 1.54) is 11.1 Å². The van der Waals surface area contributed by atoms with Crippen molar-refractivity contribution in [3.8, 4) is 0 Å². The Balaban J connectivity index is 1.96. The van der Waals surface area contributed by atoms with Crippen LogP contribution < -0.4 is 5.73 Å². The molecule has 0 amide bonds. The molecule has 0 aromatic heterocycles. The summed E-state index contributed by atoms with van der Waals surface area (Å²) < 4.78 is 5.12. The Hall–Kier alpha value is -1.68. The summed E-state index contributed by atoms with van der Waals surface area (Å²) in [4.78, 5) is 2.43. The molecule has 0 fully saturated rings. The van der Waals surface area contributed by atoms with Crippen LogP contribution in [0.15, 0.2) is 60.7 Å². The van der Waals surface area contributed by atoms with Gasteiger partial charge in [-0.25, -0.2) is 0 Å². The van der Waals surface area contributed by atoms with Crippen molar-refractivity contribution in [3.05, 3.63) is 71.8 Å². The van der Waals surface area contributed by atoms with Crippen LogP contribution in [0.25, 0.3) is 0 Å². The van der Waals surface area contributed by atoms with Crippen LogP contribution in [0.1, 0.15) is 24.0 Å². The highest BCUT2D eigenvalue weighted by Gasteiger charge is 2.12. The van der Waals surface area contributed by atoms with E-state index in [2.05, 4.69) is 65.6 Å². The first-order valence-corrected chi connectivity index (χ1v) is 8.32. The van der Waals surface area contributed by atoms with Crippen molar-refractivity contribution in [2.24, 2.45) is 5.73 Å². The molecule has 0 heterocycles. The van der Waals surface area contributed by atoms with E-state index in [0.29, 0.717) is 0 Å². The summed E-state index contributed by atoms with van der Waals surface area (Å²) >= 11 is 0. The Morgan fingerprint density at radius 1 is 0.913 bits per heavy atom. The SMILES string of the molecule is COCCCC(N)CN(Cc1ccccc1)Cc1ccccc1. The van der Waals surface area contributed by atoms with E-state index in [9.17, 15) is 0 Å². The quantitative estimate of drug-likeness (QED) is 0.683. The number of nitrogens with zero attached hydrogens (tertiary/aromatic N) is 1. The van der Waals surface area contributed by atoms with Gasteiger partial charge >= 0.3 is 0 Å². The zero-order valence-corrected chi connectivity index (χ0v) is 14.0. The van der Waals surface area contributed by atoms with Gasteiger partial charge in [-0.2, -0.15) is 0 Å². The molecule has 124 valence electrons. The van der Waals surface area contributed by atoms with E-state index in [1.54, 1.807) is 7.11 Å². The lowest BCUT2D eigenvalue weighted by Gasteiger charge is -2.26. The molecule has 3 nitrogen and oxygen atoms in total. The molecule has 1 atom stereocenters. The second kappa shape index (κ2) is 10.2. The molecule has 2 N–H and O–H groups in total. The van der Waals surface area contributed by atoms with Gasteiger partial charge in [0.05, 0.1) is 0 Å². The number of nitrogens with two attached hydrogens (primary N) is 1. The number of benzene rings is 2. The number of methoxy groups -OCH3 is 1. The Kier molecular flexibility index (Phi) is 7.81. The molecule has 0 radical (unpaired) electrons. The standard InChI is InChI=1S/C20H28N2O/c1-23-14-8-13-20(21)17-22(15-18-9-4-2-5-10-18)16-19-11-6-3-7-12-19/h2-7,9-12,20H,8,13-17,21H2,1H3. The second-order valence-electron chi connectivity index (χ2n) is 6.04. The van der Waals surface area contributed by atoms with Gasteiger partial charge in [-0.15, -0.1) is 0 Å². The maximum Gasteiger partial charge on any atom is 0.0462 e. The fourth-order valence-electron chi connectivity index (χ4n) is 2.78. The summed E-state index contributed by atoms with van der Waals surface area (Å²) in [5, 5.41) is 0. The molecule has 2 rings (SSSR count). The summed E-state index contributed by atoms with van der Waals surface area (Å²) in [6.45, 7) is 3.53. The first kappa shape index (κ1) is 17.7. The van der Waals surface area contributed by atoms with Crippen LogP contribution >= 0.6 is 0 Å². The molecule has 2 aromatic rings. The molecule has 3 heteroatoms. The van der Waals surface area contributed by atoms with Crippen LogP contribution in [-0.4, -0.2) is 31.2 Å². The third kappa shape index (κ3) is 6.95. The monoisotopic (exact) mass is 312 g/mol. The minimum atomic E-state index is 0.178. The predicted octanol–water partition coefficient (Wildman–Crippen LogP) is 3.44. The summed E-state index contributed by atoms with van der Waals surface area (Å²) in [5.41, 5.74) is 8.98. The Morgan fingerprint density at radius 3 is 1.91 bits per heavy atom. The molecule has 0 saturated carbocycles. The Morgan fingerprint density at radius 2 is 1.43 bits per heavy atom. The van der Waals surface area contributed by atoms with E-state index in [1.807, 2.05) is 0 Å². The minimum Gasteiger partial charge on any atom is -0.385 e. The Labute approximate surface area is 140 Å². The van der Waals surface area contributed by atoms with E-state index < -0.39 is 0 Å². The molecule has 0 spiro atoms. The summed E-state index contributed by atoms with van der Waals surface area (Å²) in [7, 11) is 1.74. The van der Waals surface area contributed by atoms with Crippen molar-refractivity contribution < 1.29 is 4.74 Å². The fourth-order valence-corrected chi connectivity index (χ4v) is 2.78. The number of hydrogen-bond acceptors (Lipinski definition) is 3. The van der Waals surface area contributed by atoms with Gasteiger partial charge in [-0.05, 0) is 24.0 Å². The summed E-state index contributed by atoms with van der Waals surface area (Å²) in [5.74, 6) is 0. The van der Waals surface area contributed by atoms with Crippen molar-refractivity contribution in [2.75, 3.05) is 20.3 Å². The van der Waals surface area contributed by atoms with E-state index >= 15 is 0 Å². The molecule has 0 aliphatic rings. The van der Waals surface area contributed by atoms with Gasteiger partial charge in [-0.1, -0.05) is 60.7 Å². The summed E-state index contributed by atoms with van der Waals surface area (Å²) in [6, 6.07) is 21.4. The minimum absolute atomic E-state index is 0.178.